The highest BCUT2D eigenvalue weighted by atomic mass is 127. The van der Waals surface area contributed by atoms with Crippen molar-refractivity contribution in [2.24, 2.45) is 7.05 Å². The summed E-state index contributed by atoms with van der Waals surface area (Å²) < 4.78 is 4.12. The number of benzene rings is 1. The predicted octanol–water partition coefficient (Wildman–Crippen LogP) is 3.47. The topological polar surface area (TPSA) is 42.7 Å². The highest BCUT2D eigenvalue weighted by molar-refractivity contribution is 14.1. The fraction of sp³-hybridized carbons (Fsp3) is 0.429. The summed E-state index contributed by atoms with van der Waals surface area (Å²) in [5.74, 6) is 0. The van der Waals surface area contributed by atoms with Crippen LogP contribution in [0, 0.1) is 3.57 Å². The monoisotopic (exact) mass is 448 g/mol. The molecular weight excluding hydrogens is 431 g/mol. The van der Waals surface area contributed by atoms with Crippen molar-refractivity contribution < 1.29 is 0 Å². The van der Waals surface area contributed by atoms with Gasteiger partial charge in [0.1, 0.15) is 0 Å². The van der Waals surface area contributed by atoms with Gasteiger partial charge in [0.25, 0.3) is 0 Å². The number of nitrogens with one attached hydrogen (secondary N) is 1. The van der Waals surface area contributed by atoms with Gasteiger partial charge >= 0.3 is 0 Å². The predicted molar refractivity (Wildman–Crippen MR) is 92.6 cm³/mol. The molecule has 1 unspecified atom stereocenters. The van der Waals surface area contributed by atoms with Gasteiger partial charge in [-0.1, -0.05) is 28.1 Å². The van der Waals surface area contributed by atoms with Crippen molar-refractivity contribution in [1.29, 1.82) is 0 Å². The minimum Gasteiger partial charge on any atom is -0.310 e. The third kappa shape index (κ3) is 4.26. The van der Waals surface area contributed by atoms with Crippen molar-refractivity contribution in [3.8, 4) is 0 Å². The Morgan fingerprint density at radius 3 is 2.90 bits per heavy atom. The number of rotatable bonds is 6. The molecule has 2 rings (SSSR count). The number of aryl methyl sites for hydroxylation is 1. The van der Waals surface area contributed by atoms with Crippen LogP contribution >= 0.6 is 38.5 Å². The van der Waals surface area contributed by atoms with E-state index in [1.165, 1.54) is 9.13 Å². The third-order valence-corrected chi connectivity index (χ3v) is 4.51. The molecule has 6 heteroatoms. The molecule has 2 aromatic rings. The van der Waals surface area contributed by atoms with E-state index in [0.29, 0.717) is 0 Å². The second-order valence-electron chi connectivity index (χ2n) is 4.76. The molecule has 0 fully saturated rings. The van der Waals surface area contributed by atoms with E-state index in [1.54, 1.807) is 4.68 Å². The van der Waals surface area contributed by atoms with Crippen LogP contribution in [-0.2, 0) is 13.5 Å². The van der Waals surface area contributed by atoms with Gasteiger partial charge in [0.15, 0.2) is 0 Å². The highest BCUT2D eigenvalue weighted by Gasteiger charge is 2.16. The minimum absolute atomic E-state index is 0.260. The van der Waals surface area contributed by atoms with E-state index >= 15 is 0 Å². The second-order valence-corrected chi connectivity index (χ2v) is 6.84. The maximum atomic E-state index is 4.20. The molecule has 0 aliphatic rings. The van der Waals surface area contributed by atoms with Crippen LogP contribution in [0.5, 0.6) is 0 Å². The van der Waals surface area contributed by atoms with E-state index in [1.807, 2.05) is 13.2 Å². The molecule has 0 aliphatic heterocycles. The van der Waals surface area contributed by atoms with E-state index in [0.717, 1.165) is 29.6 Å². The molecule has 4 nitrogen and oxygen atoms in total. The molecule has 0 bridgehead atoms. The number of halogens is 2. The Bertz CT molecular complexity index is 570. The zero-order chi connectivity index (χ0) is 14.5. The summed E-state index contributed by atoms with van der Waals surface area (Å²) in [6.45, 7) is 3.17. The molecule has 1 aromatic heterocycles. The smallest absolute Gasteiger partial charge is 0.0845 e. The number of hydrogen-bond acceptors (Lipinski definition) is 3. The van der Waals surface area contributed by atoms with Crippen molar-refractivity contribution in [3.05, 3.63) is 43.7 Å². The Morgan fingerprint density at radius 1 is 1.45 bits per heavy atom. The molecule has 1 aromatic carbocycles. The summed E-state index contributed by atoms with van der Waals surface area (Å²) in [5.41, 5.74) is 2.32. The van der Waals surface area contributed by atoms with Crippen molar-refractivity contribution in [1.82, 2.24) is 20.3 Å². The molecule has 0 amide bonds. The van der Waals surface area contributed by atoms with Gasteiger partial charge in [0, 0.05) is 33.8 Å². The minimum atomic E-state index is 0.260. The number of aromatic nitrogens is 3. The Morgan fingerprint density at radius 2 is 2.25 bits per heavy atom. The van der Waals surface area contributed by atoms with Crippen molar-refractivity contribution >= 4 is 38.5 Å². The van der Waals surface area contributed by atoms with Gasteiger partial charge in [-0.15, -0.1) is 5.10 Å². The average molecular weight is 449 g/mol. The van der Waals surface area contributed by atoms with E-state index in [2.05, 4.69) is 79.3 Å². The van der Waals surface area contributed by atoms with Crippen LogP contribution in [0.15, 0.2) is 28.9 Å². The average Bonchev–Trinajstić information content (AvgIpc) is 2.83. The lowest BCUT2D eigenvalue weighted by molar-refractivity contribution is 0.522. The number of nitrogens with zero attached hydrogens (tertiary/aromatic N) is 3. The summed E-state index contributed by atoms with van der Waals surface area (Å²) in [4.78, 5) is 0. The number of hydrogen-bond donors (Lipinski definition) is 1. The normalized spacial score (nSPS) is 12.6. The van der Waals surface area contributed by atoms with Crippen LogP contribution in [0.2, 0.25) is 0 Å². The molecular formula is C14H18BrIN4. The van der Waals surface area contributed by atoms with Crippen LogP contribution in [0.3, 0.4) is 0 Å². The van der Waals surface area contributed by atoms with Crippen LogP contribution in [0.4, 0.5) is 0 Å². The molecule has 0 spiro atoms. The lowest BCUT2D eigenvalue weighted by atomic mass is 10.0. The maximum absolute atomic E-state index is 4.20. The van der Waals surface area contributed by atoms with E-state index in [-0.39, 0.29) is 6.04 Å². The first-order valence-corrected chi connectivity index (χ1v) is 8.51. The summed E-state index contributed by atoms with van der Waals surface area (Å²) in [6, 6.07) is 6.66. The van der Waals surface area contributed by atoms with Gasteiger partial charge in [-0.25, -0.2) is 0 Å². The first-order chi connectivity index (χ1) is 9.60. The fourth-order valence-electron chi connectivity index (χ4n) is 2.09. The molecule has 0 aliphatic carbocycles. The molecule has 108 valence electrons. The molecule has 1 heterocycles. The molecule has 0 radical (unpaired) electrons. The standard InChI is InChI=1S/C14H18BrIN4/c1-3-6-17-14(8-11-9-20(2)19-18-11)12-7-10(15)4-5-13(12)16/h4-5,7,9,14,17H,3,6,8H2,1-2H3. The van der Waals surface area contributed by atoms with Crippen LogP contribution in [-0.4, -0.2) is 21.5 Å². The van der Waals surface area contributed by atoms with Crippen molar-refractivity contribution in [2.75, 3.05) is 6.54 Å². The van der Waals surface area contributed by atoms with E-state index in [4.69, 9.17) is 0 Å². The summed E-state index contributed by atoms with van der Waals surface area (Å²) in [5, 5.41) is 11.8. The van der Waals surface area contributed by atoms with Gasteiger partial charge in [-0.3, -0.25) is 4.68 Å². The van der Waals surface area contributed by atoms with E-state index in [9.17, 15) is 0 Å². The Hall–Kier alpha value is -0.470. The summed E-state index contributed by atoms with van der Waals surface area (Å²) in [6.07, 6.45) is 3.94. The highest BCUT2D eigenvalue weighted by Crippen LogP contribution is 2.26. The molecule has 0 saturated carbocycles. The maximum Gasteiger partial charge on any atom is 0.0845 e. The zero-order valence-corrected chi connectivity index (χ0v) is 15.3. The van der Waals surface area contributed by atoms with Crippen LogP contribution in [0.1, 0.15) is 30.6 Å². The molecule has 1 N–H and O–H groups in total. The first kappa shape index (κ1) is 15.9. The van der Waals surface area contributed by atoms with Crippen molar-refractivity contribution in [2.45, 2.75) is 25.8 Å². The summed E-state index contributed by atoms with van der Waals surface area (Å²) >= 11 is 5.95. The summed E-state index contributed by atoms with van der Waals surface area (Å²) in [7, 11) is 1.90. The Kier molecular flexibility index (Phi) is 5.98. The Labute approximate surface area is 141 Å². The molecule has 0 saturated heterocycles. The molecule has 1 atom stereocenters. The molecule has 20 heavy (non-hydrogen) atoms. The fourth-order valence-corrected chi connectivity index (χ4v) is 3.18. The quantitative estimate of drug-likeness (QED) is 0.688. The third-order valence-electron chi connectivity index (χ3n) is 3.04. The largest absolute Gasteiger partial charge is 0.310 e. The van der Waals surface area contributed by atoms with E-state index < -0.39 is 0 Å². The SMILES string of the molecule is CCCNC(Cc1cn(C)nn1)c1cc(Br)ccc1I. The lowest BCUT2D eigenvalue weighted by Crippen LogP contribution is -2.25. The van der Waals surface area contributed by atoms with Crippen LogP contribution in [0.25, 0.3) is 0 Å². The van der Waals surface area contributed by atoms with Gasteiger partial charge < -0.3 is 5.32 Å². The zero-order valence-electron chi connectivity index (χ0n) is 11.6. The lowest BCUT2D eigenvalue weighted by Gasteiger charge is -2.19. The van der Waals surface area contributed by atoms with Crippen LogP contribution < -0.4 is 5.32 Å². The van der Waals surface area contributed by atoms with Gasteiger partial charge in [-0.05, 0) is 59.3 Å². The van der Waals surface area contributed by atoms with Gasteiger partial charge in [0.05, 0.1) is 5.69 Å². The first-order valence-electron chi connectivity index (χ1n) is 6.63. The van der Waals surface area contributed by atoms with Gasteiger partial charge in [0.2, 0.25) is 0 Å². The van der Waals surface area contributed by atoms with Gasteiger partial charge in [-0.2, -0.15) is 0 Å². The Balaban J connectivity index is 2.24. The second kappa shape index (κ2) is 7.51. The van der Waals surface area contributed by atoms with Crippen molar-refractivity contribution in [3.63, 3.8) is 0 Å².